The number of aromatic nitrogens is 1. The normalized spacial score (nSPS) is 22.4. The largest absolute Gasteiger partial charge is 0.330 e. The molecule has 2 N–H and O–H groups in total. The summed E-state index contributed by atoms with van der Waals surface area (Å²) in [7, 11) is 0. The van der Waals surface area contributed by atoms with Crippen molar-refractivity contribution in [3.8, 4) is 0 Å². The van der Waals surface area contributed by atoms with Crippen molar-refractivity contribution in [1.82, 2.24) is 9.88 Å². The van der Waals surface area contributed by atoms with Crippen molar-refractivity contribution in [2.24, 2.45) is 11.7 Å². The number of benzene rings is 1. The van der Waals surface area contributed by atoms with Crippen LogP contribution in [0.2, 0.25) is 5.02 Å². The molecule has 1 saturated heterocycles. The van der Waals surface area contributed by atoms with E-state index in [-0.39, 0.29) is 12.4 Å². The molecule has 1 aromatic carbocycles. The van der Waals surface area contributed by atoms with E-state index in [1.165, 1.54) is 12.0 Å². The number of fused-ring (bicyclic) bond motifs is 1. The topological polar surface area (TPSA) is 42.1 Å². The lowest BCUT2D eigenvalue weighted by Crippen LogP contribution is -2.27. The predicted molar refractivity (Wildman–Crippen MR) is 91.0 cm³/mol. The summed E-state index contributed by atoms with van der Waals surface area (Å²) in [6.07, 6.45) is 3.02. The number of halogens is 2. The molecule has 1 fully saturated rings. The van der Waals surface area contributed by atoms with Crippen LogP contribution in [-0.2, 0) is 6.54 Å². The monoisotopic (exact) mass is 325 g/mol. The average molecular weight is 326 g/mol. The highest BCUT2D eigenvalue weighted by Gasteiger charge is 2.28. The Labute approximate surface area is 136 Å². The summed E-state index contributed by atoms with van der Waals surface area (Å²) in [5, 5.41) is 1.81. The molecule has 114 valence electrons. The Bertz CT molecular complexity index is 617. The van der Waals surface area contributed by atoms with Gasteiger partial charge >= 0.3 is 0 Å². The molecule has 3 nitrogen and oxygen atoms in total. The van der Waals surface area contributed by atoms with Crippen LogP contribution in [0.25, 0.3) is 10.9 Å². The maximum atomic E-state index is 6.25. The van der Waals surface area contributed by atoms with Crippen LogP contribution in [-0.4, -0.2) is 29.0 Å². The van der Waals surface area contributed by atoms with Crippen LogP contribution >= 0.6 is 24.0 Å². The summed E-state index contributed by atoms with van der Waals surface area (Å²) < 4.78 is 0. The molecule has 3 rings (SSSR count). The van der Waals surface area contributed by atoms with Gasteiger partial charge in [-0.05, 0) is 49.6 Å². The van der Waals surface area contributed by atoms with E-state index < -0.39 is 0 Å². The van der Waals surface area contributed by atoms with Crippen LogP contribution in [0.4, 0.5) is 0 Å². The third kappa shape index (κ3) is 3.32. The molecule has 21 heavy (non-hydrogen) atoms. The second-order valence-electron chi connectivity index (χ2n) is 5.72. The molecule has 5 heteroatoms. The van der Waals surface area contributed by atoms with E-state index in [2.05, 4.69) is 22.9 Å². The Balaban J connectivity index is 0.00000161. The molecule has 2 heterocycles. The number of likely N-dealkylation sites (tertiary alicyclic amines) is 1. The summed E-state index contributed by atoms with van der Waals surface area (Å²) in [5.41, 5.74) is 8.07. The zero-order valence-corrected chi connectivity index (χ0v) is 13.7. The summed E-state index contributed by atoms with van der Waals surface area (Å²) in [6, 6.07) is 8.62. The molecule has 1 aromatic heterocycles. The quantitative estimate of drug-likeness (QED) is 0.939. The van der Waals surface area contributed by atoms with Gasteiger partial charge in [-0.15, -0.1) is 12.4 Å². The van der Waals surface area contributed by atoms with E-state index in [0.717, 1.165) is 35.6 Å². The van der Waals surface area contributed by atoms with E-state index in [4.69, 9.17) is 17.3 Å². The Morgan fingerprint density at radius 2 is 2.19 bits per heavy atom. The summed E-state index contributed by atoms with van der Waals surface area (Å²) in [4.78, 5) is 7.01. The van der Waals surface area contributed by atoms with Gasteiger partial charge in [-0.3, -0.25) is 9.88 Å². The van der Waals surface area contributed by atoms with Crippen molar-refractivity contribution in [2.45, 2.75) is 25.9 Å². The molecule has 0 spiro atoms. The first-order chi connectivity index (χ1) is 9.69. The Morgan fingerprint density at radius 1 is 1.38 bits per heavy atom. The van der Waals surface area contributed by atoms with Crippen molar-refractivity contribution in [1.29, 1.82) is 0 Å². The van der Waals surface area contributed by atoms with E-state index in [9.17, 15) is 0 Å². The van der Waals surface area contributed by atoms with Crippen LogP contribution in [0.1, 0.15) is 18.9 Å². The van der Waals surface area contributed by atoms with E-state index in [0.29, 0.717) is 12.0 Å². The first-order valence-corrected chi connectivity index (χ1v) is 7.53. The van der Waals surface area contributed by atoms with Crippen LogP contribution < -0.4 is 5.73 Å². The van der Waals surface area contributed by atoms with Crippen LogP contribution in [0, 0.1) is 5.92 Å². The first kappa shape index (κ1) is 16.5. The van der Waals surface area contributed by atoms with Gasteiger partial charge in [0, 0.05) is 35.7 Å². The van der Waals surface area contributed by atoms with Crippen LogP contribution in [0.3, 0.4) is 0 Å². The second kappa shape index (κ2) is 6.93. The lowest BCUT2D eigenvalue weighted by atomic mass is 10.1. The summed E-state index contributed by atoms with van der Waals surface area (Å²) >= 11 is 6.25. The van der Waals surface area contributed by atoms with Crippen molar-refractivity contribution < 1.29 is 0 Å². The molecule has 1 aliphatic rings. The van der Waals surface area contributed by atoms with E-state index in [1.54, 1.807) is 0 Å². The highest BCUT2D eigenvalue weighted by Crippen LogP contribution is 2.29. The number of nitrogens with zero attached hydrogens (tertiary/aromatic N) is 2. The molecule has 2 unspecified atom stereocenters. The van der Waals surface area contributed by atoms with Crippen LogP contribution in [0.15, 0.2) is 30.5 Å². The molecule has 2 aromatic rings. The molecule has 0 aliphatic carbocycles. The number of hydrogen-bond acceptors (Lipinski definition) is 3. The lowest BCUT2D eigenvalue weighted by molar-refractivity contribution is 0.256. The van der Waals surface area contributed by atoms with Crippen molar-refractivity contribution in [3.63, 3.8) is 0 Å². The standard InChI is InChI=1S/C16H20ClN3.ClH/c1-11-7-12(8-18)9-20(11)10-13-4-5-15(17)14-3-2-6-19-16(13)14;/h2-6,11-12H,7-10,18H2,1H3;1H. The molecular weight excluding hydrogens is 305 g/mol. The van der Waals surface area contributed by atoms with Gasteiger partial charge in [-0.1, -0.05) is 17.7 Å². The molecule has 1 aliphatic heterocycles. The van der Waals surface area contributed by atoms with Gasteiger partial charge in [-0.2, -0.15) is 0 Å². The third-order valence-electron chi connectivity index (χ3n) is 4.30. The molecule has 0 radical (unpaired) electrons. The van der Waals surface area contributed by atoms with Gasteiger partial charge in [0.2, 0.25) is 0 Å². The lowest BCUT2D eigenvalue weighted by Gasteiger charge is -2.21. The SMILES string of the molecule is CC1CC(CN)CN1Cc1ccc(Cl)c2cccnc12.Cl. The Morgan fingerprint density at radius 3 is 2.90 bits per heavy atom. The second-order valence-corrected chi connectivity index (χ2v) is 6.13. The minimum absolute atomic E-state index is 0. The molecule has 0 bridgehead atoms. The van der Waals surface area contributed by atoms with Gasteiger partial charge in [0.1, 0.15) is 0 Å². The predicted octanol–water partition coefficient (Wildman–Crippen LogP) is 3.48. The van der Waals surface area contributed by atoms with Crippen LogP contribution in [0.5, 0.6) is 0 Å². The molecule has 0 saturated carbocycles. The fourth-order valence-corrected chi connectivity index (χ4v) is 3.37. The number of nitrogens with two attached hydrogens (primary N) is 1. The fraction of sp³-hybridized carbons (Fsp3) is 0.438. The molecular formula is C16H21Cl2N3. The number of rotatable bonds is 3. The smallest absolute Gasteiger partial charge is 0.0761 e. The van der Waals surface area contributed by atoms with Gasteiger partial charge in [0.05, 0.1) is 5.52 Å². The van der Waals surface area contributed by atoms with Gasteiger partial charge in [-0.25, -0.2) is 0 Å². The number of hydrogen-bond donors (Lipinski definition) is 1. The van der Waals surface area contributed by atoms with E-state index in [1.807, 2.05) is 24.4 Å². The first-order valence-electron chi connectivity index (χ1n) is 7.15. The highest BCUT2D eigenvalue weighted by atomic mass is 35.5. The third-order valence-corrected chi connectivity index (χ3v) is 4.63. The Kier molecular flexibility index (Phi) is 5.44. The van der Waals surface area contributed by atoms with Crippen molar-refractivity contribution in [3.05, 3.63) is 41.0 Å². The minimum atomic E-state index is 0. The summed E-state index contributed by atoms with van der Waals surface area (Å²) in [5.74, 6) is 0.622. The van der Waals surface area contributed by atoms with Gasteiger partial charge < -0.3 is 5.73 Å². The number of pyridine rings is 1. The van der Waals surface area contributed by atoms with Gasteiger partial charge in [0.25, 0.3) is 0 Å². The average Bonchev–Trinajstić information content (AvgIpc) is 2.83. The maximum absolute atomic E-state index is 6.25. The van der Waals surface area contributed by atoms with Crippen molar-refractivity contribution in [2.75, 3.05) is 13.1 Å². The maximum Gasteiger partial charge on any atom is 0.0761 e. The molecule has 2 atom stereocenters. The molecule has 0 amide bonds. The Hall–Kier alpha value is -0.870. The fourth-order valence-electron chi connectivity index (χ4n) is 3.15. The zero-order valence-electron chi connectivity index (χ0n) is 12.1. The summed E-state index contributed by atoms with van der Waals surface area (Å²) in [6.45, 7) is 5.05. The van der Waals surface area contributed by atoms with E-state index >= 15 is 0 Å². The zero-order chi connectivity index (χ0) is 14.1. The minimum Gasteiger partial charge on any atom is -0.330 e. The van der Waals surface area contributed by atoms with Gasteiger partial charge in [0.15, 0.2) is 0 Å². The van der Waals surface area contributed by atoms with Crippen molar-refractivity contribution >= 4 is 34.9 Å². The highest BCUT2D eigenvalue weighted by molar-refractivity contribution is 6.35.